The number of hydrogen-bond donors (Lipinski definition) is 0. The fourth-order valence-corrected chi connectivity index (χ4v) is 2.29. The second-order valence-electron chi connectivity index (χ2n) is 4.96. The van der Waals surface area contributed by atoms with Crippen molar-refractivity contribution >= 4 is 0 Å². The van der Waals surface area contributed by atoms with Gasteiger partial charge in [0, 0.05) is 25.9 Å². The van der Waals surface area contributed by atoms with Gasteiger partial charge < -0.3 is 14.4 Å². The quantitative estimate of drug-likeness (QED) is 0.766. The Morgan fingerprint density at radius 2 is 1.78 bits per heavy atom. The van der Waals surface area contributed by atoms with Crippen molar-refractivity contribution in [2.75, 3.05) is 20.1 Å². The van der Waals surface area contributed by atoms with Crippen LogP contribution in [0.4, 0.5) is 0 Å². The van der Waals surface area contributed by atoms with E-state index in [2.05, 4.69) is 24.9 Å². The molecule has 0 radical (unpaired) electrons. The Bertz CT molecular complexity index is 374. The second-order valence-corrected chi connectivity index (χ2v) is 4.96. The van der Waals surface area contributed by atoms with Gasteiger partial charge in [-0.25, -0.2) is 0 Å². The van der Waals surface area contributed by atoms with Gasteiger partial charge >= 0.3 is 0 Å². The molecule has 1 spiro atoms. The maximum atomic E-state index is 6.10. The van der Waals surface area contributed by atoms with Crippen LogP contribution in [0.25, 0.3) is 0 Å². The lowest BCUT2D eigenvalue weighted by Gasteiger charge is -2.36. The van der Waals surface area contributed by atoms with Gasteiger partial charge in [-0.1, -0.05) is 19.1 Å². The van der Waals surface area contributed by atoms with E-state index in [1.54, 1.807) is 0 Å². The maximum absolute atomic E-state index is 6.10. The van der Waals surface area contributed by atoms with E-state index in [-0.39, 0.29) is 0 Å². The summed E-state index contributed by atoms with van der Waals surface area (Å²) in [5.74, 6) is 1.32. The van der Waals surface area contributed by atoms with Gasteiger partial charge in [-0.05, 0) is 32.5 Å². The van der Waals surface area contributed by atoms with Gasteiger partial charge in [0.2, 0.25) is 0 Å². The number of ether oxygens (including phenoxy) is 2. The molecule has 2 aliphatic heterocycles. The zero-order chi connectivity index (χ0) is 13.0. The summed E-state index contributed by atoms with van der Waals surface area (Å²) in [5, 5.41) is 0. The molecule has 0 saturated carbocycles. The van der Waals surface area contributed by atoms with Crippen LogP contribution in [0.2, 0.25) is 0 Å². The van der Waals surface area contributed by atoms with E-state index in [1.807, 2.05) is 25.2 Å². The van der Waals surface area contributed by atoms with E-state index >= 15 is 0 Å². The highest BCUT2D eigenvalue weighted by Crippen LogP contribution is 2.39. The van der Waals surface area contributed by atoms with Crippen molar-refractivity contribution in [2.45, 2.75) is 38.9 Å². The van der Waals surface area contributed by atoms with Gasteiger partial charge in [-0.15, -0.1) is 0 Å². The lowest BCUT2D eigenvalue weighted by molar-refractivity contribution is -0.177. The minimum Gasteiger partial charge on any atom is -0.448 e. The normalized spacial score (nSPS) is 24.2. The number of rotatable bonds is 3. The van der Waals surface area contributed by atoms with Crippen molar-refractivity contribution in [3.63, 3.8) is 0 Å². The van der Waals surface area contributed by atoms with Crippen LogP contribution >= 0.6 is 0 Å². The van der Waals surface area contributed by atoms with Gasteiger partial charge in [-0.2, -0.15) is 0 Å². The van der Waals surface area contributed by atoms with Crippen LogP contribution in [0, 0.1) is 0 Å². The molecule has 0 N–H and O–H groups in total. The molecule has 0 unspecified atom stereocenters. The Kier molecular flexibility index (Phi) is 4.12. The fraction of sp³-hybridized carbons (Fsp3) is 0.600. The topological polar surface area (TPSA) is 21.7 Å². The van der Waals surface area contributed by atoms with Gasteiger partial charge in [0.05, 0.1) is 0 Å². The van der Waals surface area contributed by atoms with Crippen molar-refractivity contribution in [1.82, 2.24) is 4.90 Å². The number of piperidine rings is 1. The molecule has 2 rings (SSSR count). The first-order valence-corrected chi connectivity index (χ1v) is 6.79. The highest BCUT2D eigenvalue weighted by Gasteiger charge is 2.43. The van der Waals surface area contributed by atoms with Crippen molar-refractivity contribution in [3.05, 3.63) is 35.8 Å². The molecule has 0 aromatic carbocycles. The Morgan fingerprint density at radius 1 is 1.17 bits per heavy atom. The third-order valence-electron chi connectivity index (χ3n) is 3.41. The number of allylic oxidation sites excluding steroid dienone is 4. The average molecular weight is 249 g/mol. The number of hydrogen-bond acceptors (Lipinski definition) is 3. The molecule has 18 heavy (non-hydrogen) atoms. The van der Waals surface area contributed by atoms with Crippen LogP contribution in [0.15, 0.2) is 35.8 Å². The van der Waals surface area contributed by atoms with Crippen LogP contribution in [-0.2, 0) is 9.47 Å². The van der Waals surface area contributed by atoms with Crippen molar-refractivity contribution in [1.29, 1.82) is 0 Å². The molecule has 0 aromatic heterocycles. The lowest BCUT2D eigenvalue weighted by atomic mass is 10.0. The molecule has 1 fully saturated rings. The molecule has 1 saturated heterocycles. The van der Waals surface area contributed by atoms with Crippen molar-refractivity contribution in [2.24, 2.45) is 0 Å². The van der Waals surface area contributed by atoms with Crippen molar-refractivity contribution in [3.8, 4) is 0 Å². The summed E-state index contributed by atoms with van der Waals surface area (Å²) < 4.78 is 12.2. The summed E-state index contributed by atoms with van der Waals surface area (Å²) in [6.07, 6.45) is 11.0. The molecule has 0 atom stereocenters. The van der Waals surface area contributed by atoms with E-state index in [4.69, 9.17) is 9.47 Å². The molecule has 3 heteroatoms. The molecule has 0 aliphatic carbocycles. The van der Waals surface area contributed by atoms with E-state index in [9.17, 15) is 0 Å². The third-order valence-corrected chi connectivity index (χ3v) is 3.41. The minimum absolute atomic E-state index is 0.422. The molecule has 3 nitrogen and oxygen atoms in total. The summed E-state index contributed by atoms with van der Waals surface area (Å²) in [6.45, 7) is 6.16. The molecule has 0 aromatic rings. The summed E-state index contributed by atoms with van der Waals surface area (Å²) >= 11 is 0. The van der Waals surface area contributed by atoms with Crippen LogP contribution in [0.1, 0.15) is 33.1 Å². The lowest BCUT2D eigenvalue weighted by Crippen LogP contribution is -2.43. The average Bonchev–Trinajstić information content (AvgIpc) is 2.70. The number of likely N-dealkylation sites (tertiary alicyclic amines) is 1. The Balaban J connectivity index is 2.12. The van der Waals surface area contributed by atoms with Gasteiger partial charge in [0.25, 0.3) is 5.79 Å². The third kappa shape index (κ3) is 2.78. The van der Waals surface area contributed by atoms with Gasteiger partial charge in [0.15, 0.2) is 11.5 Å². The zero-order valence-electron chi connectivity index (χ0n) is 11.6. The van der Waals surface area contributed by atoms with E-state index in [1.165, 1.54) is 0 Å². The van der Waals surface area contributed by atoms with Crippen LogP contribution in [0.3, 0.4) is 0 Å². The van der Waals surface area contributed by atoms with E-state index in [0.29, 0.717) is 0 Å². The standard InChI is InChI=1S/C15H23NO2/c1-4-6-8-14-13(7-5-2)17-15(18-14)9-11-16(3)12-10-15/h5-8H,4,9-12H2,1-3H3/b7-5-,8-6-. The molecular formula is C15H23NO2. The first kappa shape index (κ1) is 13.2. The molecule has 2 heterocycles. The summed E-state index contributed by atoms with van der Waals surface area (Å²) in [4.78, 5) is 2.31. The van der Waals surface area contributed by atoms with Crippen LogP contribution in [-0.4, -0.2) is 30.8 Å². The largest absolute Gasteiger partial charge is 0.448 e. The predicted molar refractivity (Wildman–Crippen MR) is 72.9 cm³/mol. The summed E-state index contributed by atoms with van der Waals surface area (Å²) in [6, 6.07) is 0. The minimum atomic E-state index is -0.422. The molecular weight excluding hydrogens is 226 g/mol. The molecule has 0 amide bonds. The Morgan fingerprint density at radius 3 is 2.33 bits per heavy atom. The Labute approximate surface area is 110 Å². The van der Waals surface area contributed by atoms with E-state index in [0.717, 1.165) is 43.9 Å². The SMILES string of the molecule is C/C=C\C1=C(/C=C\CC)OC2(CCN(C)CC2)O1. The first-order valence-electron chi connectivity index (χ1n) is 6.79. The molecule has 100 valence electrons. The first-order chi connectivity index (χ1) is 8.69. The van der Waals surface area contributed by atoms with Gasteiger partial charge in [0.1, 0.15) is 0 Å². The smallest absolute Gasteiger partial charge is 0.254 e. The predicted octanol–water partition coefficient (Wildman–Crippen LogP) is 3.21. The fourth-order valence-electron chi connectivity index (χ4n) is 2.29. The van der Waals surface area contributed by atoms with Crippen molar-refractivity contribution < 1.29 is 9.47 Å². The highest BCUT2D eigenvalue weighted by atomic mass is 16.7. The Hall–Kier alpha value is -1.22. The van der Waals surface area contributed by atoms with Crippen LogP contribution < -0.4 is 0 Å². The summed E-state index contributed by atoms with van der Waals surface area (Å²) in [5.41, 5.74) is 0. The number of nitrogens with zero attached hydrogens (tertiary/aromatic N) is 1. The molecule has 2 aliphatic rings. The molecule has 0 bridgehead atoms. The monoisotopic (exact) mass is 249 g/mol. The zero-order valence-corrected chi connectivity index (χ0v) is 11.6. The summed E-state index contributed by atoms with van der Waals surface area (Å²) in [7, 11) is 2.14. The highest BCUT2D eigenvalue weighted by molar-refractivity contribution is 5.28. The van der Waals surface area contributed by atoms with Crippen LogP contribution in [0.5, 0.6) is 0 Å². The second kappa shape index (κ2) is 5.61. The van der Waals surface area contributed by atoms with E-state index < -0.39 is 5.79 Å². The maximum Gasteiger partial charge on any atom is 0.254 e. The van der Waals surface area contributed by atoms with Gasteiger partial charge in [-0.3, -0.25) is 0 Å².